The van der Waals surface area contributed by atoms with Gasteiger partial charge in [0.2, 0.25) is 5.89 Å². The van der Waals surface area contributed by atoms with Crippen molar-refractivity contribution in [2.75, 3.05) is 6.54 Å². The summed E-state index contributed by atoms with van der Waals surface area (Å²) in [7, 11) is 0. The van der Waals surface area contributed by atoms with Gasteiger partial charge in [-0.15, -0.1) is 16.4 Å². The molecule has 3 heterocycles. The van der Waals surface area contributed by atoms with Crippen molar-refractivity contribution in [1.82, 2.24) is 19.7 Å². The normalized spacial score (nSPS) is 14.7. The first-order valence-electron chi connectivity index (χ1n) is 7.94. The van der Waals surface area contributed by atoms with E-state index in [1.54, 1.807) is 16.0 Å². The van der Waals surface area contributed by atoms with E-state index in [1.165, 1.54) is 11.1 Å². The third kappa shape index (κ3) is 3.33. The van der Waals surface area contributed by atoms with Gasteiger partial charge < -0.3 is 4.42 Å². The number of hydrogen-bond donors (Lipinski definition) is 0. The SMILES string of the molecule is Cc1nc(Cc2nn(CN3CCc4ccccc4C3)c(=S)o2)cs1. The number of nitrogens with zero attached hydrogens (tertiary/aromatic N) is 4. The molecular weight excluding hydrogens is 340 g/mol. The Morgan fingerprint density at radius 1 is 1.29 bits per heavy atom. The van der Waals surface area contributed by atoms with Gasteiger partial charge in [0.1, 0.15) is 0 Å². The summed E-state index contributed by atoms with van der Waals surface area (Å²) in [6, 6.07) is 8.61. The van der Waals surface area contributed by atoms with E-state index in [4.69, 9.17) is 16.6 Å². The van der Waals surface area contributed by atoms with Crippen molar-refractivity contribution >= 4 is 23.6 Å². The van der Waals surface area contributed by atoms with Crippen LogP contribution in [-0.2, 0) is 26.1 Å². The monoisotopic (exact) mass is 358 g/mol. The molecule has 2 aromatic heterocycles. The molecule has 0 bridgehead atoms. The number of aryl methyl sites for hydroxylation is 1. The van der Waals surface area contributed by atoms with Crippen LogP contribution in [0, 0.1) is 11.8 Å². The van der Waals surface area contributed by atoms with Gasteiger partial charge in [-0.05, 0) is 36.7 Å². The van der Waals surface area contributed by atoms with Crippen molar-refractivity contribution < 1.29 is 4.42 Å². The second kappa shape index (κ2) is 6.58. The highest BCUT2D eigenvalue weighted by Crippen LogP contribution is 2.19. The molecule has 0 spiro atoms. The van der Waals surface area contributed by atoms with Crippen molar-refractivity contribution in [2.45, 2.75) is 33.0 Å². The molecule has 124 valence electrons. The van der Waals surface area contributed by atoms with Crippen molar-refractivity contribution in [3.05, 3.63) is 62.2 Å². The highest BCUT2D eigenvalue weighted by atomic mass is 32.1. The lowest BCUT2D eigenvalue weighted by Gasteiger charge is -2.28. The lowest BCUT2D eigenvalue weighted by atomic mass is 10.0. The molecule has 1 aromatic carbocycles. The predicted molar refractivity (Wildman–Crippen MR) is 95.5 cm³/mol. The average Bonchev–Trinajstić information content (AvgIpc) is 3.13. The maximum Gasteiger partial charge on any atom is 0.288 e. The molecule has 0 amide bonds. The largest absolute Gasteiger partial charge is 0.414 e. The molecule has 0 radical (unpaired) electrons. The van der Waals surface area contributed by atoms with Gasteiger partial charge in [0.05, 0.1) is 23.8 Å². The van der Waals surface area contributed by atoms with E-state index in [1.807, 2.05) is 12.3 Å². The van der Waals surface area contributed by atoms with Gasteiger partial charge in [-0.2, -0.15) is 0 Å². The maximum atomic E-state index is 5.64. The van der Waals surface area contributed by atoms with Gasteiger partial charge >= 0.3 is 0 Å². The zero-order valence-electron chi connectivity index (χ0n) is 13.4. The zero-order chi connectivity index (χ0) is 16.5. The van der Waals surface area contributed by atoms with Crippen LogP contribution in [0.2, 0.25) is 0 Å². The van der Waals surface area contributed by atoms with Crippen molar-refractivity contribution in [3.63, 3.8) is 0 Å². The van der Waals surface area contributed by atoms with Gasteiger partial charge in [0, 0.05) is 18.5 Å². The molecule has 0 saturated heterocycles. The van der Waals surface area contributed by atoms with Gasteiger partial charge in [0.25, 0.3) is 4.84 Å². The standard InChI is InChI=1S/C17H18N4OS2/c1-12-18-15(10-24-12)8-16-19-21(17(23)22-16)11-20-7-6-13-4-2-3-5-14(13)9-20/h2-5,10H,6-9,11H2,1H3. The van der Waals surface area contributed by atoms with E-state index in [0.29, 0.717) is 23.8 Å². The Labute approximate surface area is 149 Å². The summed E-state index contributed by atoms with van der Waals surface area (Å²) < 4.78 is 7.42. The Morgan fingerprint density at radius 2 is 2.12 bits per heavy atom. The van der Waals surface area contributed by atoms with Gasteiger partial charge in [-0.1, -0.05) is 24.3 Å². The van der Waals surface area contributed by atoms with Crippen LogP contribution in [0.3, 0.4) is 0 Å². The summed E-state index contributed by atoms with van der Waals surface area (Å²) in [4.78, 5) is 7.22. The number of aromatic nitrogens is 3. The average molecular weight is 358 g/mol. The molecule has 0 atom stereocenters. The predicted octanol–water partition coefficient (Wildman–Crippen LogP) is 3.58. The van der Waals surface area contributed by atoms with Crippen molar-refractivity contribution in [2.24, 2.45) is 0 Å². The number of benzene rings is 1. The van der Waals surface area contributed by atoms with Crippen molar-refractivity contribution in [1.29, 1.82) is 0 Å². The molecule has 24 heavy (non-hydrogen) atoms. The van der Waals surface area contributed by atoms with Crippen LogP contribution < -0.4 is 0 Å². The van der Waals surface area contributed by atoms with Crippen LogP contribution in [0.5, 0.6) is 0 Å². The summed E-state index contributed by atoms with van der Waals surface area (Å²) in [6.45, 7) is 4.58. The van der Waals surface area contributed by atoms with E-state index in [9.17, 15) is 0 Å². The smallest absolute Gasteiger partial charge is 0.288 e. The molecule has 0 N–H and O–H groups in total. The van der Waals surface area contributed by atoms with Crippen LogP contribution in [0.4, 0.5) is 0 Å². The van der Waals surface area contributed by atoms with Crippen LogP contribution >= 0.6 is 23.6 Å². The first-order valence-corrected chi connectivity index (χ1v) is 9.23. The quantitative estimate of drug-likeness (QED) is 0.667. The molecular formula is C17H18N4OS2. The Bertz CT molecular complexity index is 911. The number of fused-ring (bicyclic) bond motifs is 1. The van der Waals surface area contributed by atoms with E-state index >= 15 is 0 Å². The molecule has 0 aliphatic carbocycles. The Hall–Kier alpha value is -1.83. The first-order chi connectivity index (χ1) is 11.7. The molecule has 7 heteroatoms. The molecule has 0 unspecified atom stereocenters. The highest BCUT2D eigenvalue weighted by molar-refractivity contribution is 7.71. The minimum absolute atomic E-state index is 0.427. The van der Waals surface area contributed by atoms with Gasteiger partial charge in [-0.3, -0.25) is 4.90 Å². The Kier molecular flexibility index (Phi) is 4.30. The summed E-state index contributed by atoms with van der Waals surface area (Å²) in [5.74, 6) is 0.628. The molecule has 3 aromatic rings. The van der Waals surface area contributed by atoms with E-state index < -0.39 is 0 Å². The molecule has 1 aliphatic rings. The Balaban J connectivity index is 1.47. The topological polar surface area (TPSA) is 47.1 Å². The fourth-order valence-corrected chi connectivity index (χ4v) is 3.83. The molecule has 1 aliphatic heterocycles. The fourth-order valence-electron chi connectivity index (χ4n) is 3.02. The zero-order valence-corrected chi connectivity index (χ0v) is 15.1. The molecule has 0 saturated carbocycles. The summed E-state index contributed by atoms with van der Waals surface area (Å²) in [5.41, 5.74) is 3.81. The Morgan fingerprint density at radius 3 is 2.92 bits per heavy atom. The summed E-state index contributed by atoms with van der Waals surface area (Å²) in [6.07, 6.45) is 1.65. The highest BCUT2D eigenvalue weighted by Gasteiger charge is 2.17. The number of rotatable bonds is 4. The lowest BCUT2D eigenvalue weighted by Crippen LogP contribution is -2.32. The van der Waals surface area contributed by atoms with Crippen LogP contribution in [0.25, 0.3) is 0 Å². The third-order valence-corrected chi connectivity index (χ3v) is 5.31. The van der Waals surface area contributed by atoms with E-state index in [-0.39, 0.29) is 0 Å². The minimum atomic E-state index is 0.427. The second-order valence-corrected chi connectivity index (χ2v) is 7.42. The first kappa shape index (κ1) is 15.7. The number of hydrogen-bond acceptors (Lipinski definition) is 6. The molecule has 4 rings (SSSR count). The minimum Gasteiger partial charge on any atom is -0.414 e. The summed E-state index contributed by atoms with van der Waals surface area (Å²) in [5, 5.41) is 7.62. The van der Waals surface area contributed by atoms with Gasteiger partial charge in [-0.25, -0.2) is 9.67 Å². The molecule has 0 fully saturated rings. The fraction of sp³-hybridized carbons (Fsp3) is 0.353. The van der Waals surface area contributed by atoms with E-state index in [2.05, 4.69) is 39.2 Å². The van der Waals surface area contributed by atoms with Crippen LogP contribution in [0.15, 0.2) is 34.1 Å². The summed E-state index contributed by atoms with van der Waals surface area (Å²) >= 11 is 6.96. The maximum absolute atomic E-state index is 5.64. The van der Waals surface area contributed by atoms with Crippen LogP contribution in [0.1, 0.15) is 27.7 Å². The lowest BCUT2D eigenvalue weighted by molar-refractivity contribution is 0.186. The van der Waals surface area contributed by atoms with E-state index in [0.717, 1.165) is 30.2 Å². The molecule has 5 nitrogen and oxygen atoms in total. The third-order valence-electron chi connectivity index (χ3n) is 4.19. The number of thiazole rings is 1. The van der Waals surface area contributed by atoms with Crippen molar-refractivity contribution in [3.8, 4) is 0 Å². The van der Waals surface area contributed by atoms with Crippen LogP contribution in [-0.4, -0.2) is 26.2 Å². The second-order valence-electron chi connectivity index (χ2n) is 6.01. The van der Waals surface area contributed by atoms with Gasteiger partial charge in [0.15, 0.2) is 0 Å².